The van der Waals surface area contributed by atoms with Gasteiger partial charge in [-0.15, -0.1) is 0 Å². The van der Waals surface area contributed by atoms with E-state index in [1.807, 2.05) is 19.1 Å². The predicted molar refractivity (Wildman–Crippen MR) is 129 cm³/mol. The number of benzene rings is 1. The number of piperidine rings is 1. The third kappa shape index (κ3) is 3.20. The Labute approximate surface area is 200 Å². The van der Waals surface area contributed by atoms with Crippen LogP contribution in [-0.2, 0) is 5.41 Å². The van der Waals surface area contributed by atoms with Crippen LogP contribution < -0.4 is 16.4 Å². The highest BCUT2D eigenvalue weighted by Crippen LogP contribution is 2.63. The topological polar surface area (TPSA) is 140 Å². The summed E-state index contributed by atoms with van der Waals surface area (Å²) in [4.78, 5) is 27.2. The van der Waals surface area contributed by atoms with E-state index in [0.717, 1.165) is 42.0 Å². The Kier molecular flexibility index (Phi) is 4.82. The zero-order chi connectivity index (χ0) is 24.3. The lowest BCUT2D eigenvalue weighted by atomic mass is 9.91. The van der Waals surface area contributed by atoms with Crippen molar-refractivity contribution >= 4 is 22.9 Å². The number of nitrogens with two attached hydrogens (primary N) is 2. The fourth-order valence-corrected chi connectivity index (χ4v) is 5.91. The number of hydrogen-bond donors (Lipinski definition) is 3. The molecular weight excluding hydrogens is 447 g/mol. The molecule has 4 heterocycles. The van der Waals surface area contributed by atoms with Crippen LogP contribution in [-0.4, -0.2) is 50.7 Å². The highest BCUT2D eigenvalue weighted by molar-refractivity contribution is 5.93. The van der Waals surface area contributed by atoms with Gasteiger partial charge in [0.15, 0.2) is 5.65 Å². The molecule has 4 aromatic rings. The Bertz CT molecular complexity index is 1470. The minimum Gasteiger partial charge on any atom is -0.364 e. The molecule has 10 heteroatoms. The summed E-state index contributed by atoms with van der Waals surface area (Å²) in [7, 11) is 0. The van der Waals surface area contributed by atoms with Gasteiger partial charge in [-0.25, -0.2) is 14.4 Å². The van der Waals surface area contributed by atoms with Crippen molar-refractivity contribution in [3.05, 3.63) is 65.4 Å². The fraction of sp³-hybridized carbons (Fsp3) is 0.320. The minimum absolute atomic E-state index is 0.182. The maximum absolute atomic E-state index is 14.6. The van der Waals surface area contributed by atoms with Crippen LogP contribution in [0.25, 0.3) is 22.4 Å². The first-order chi connectivity index (χ1) is 16.9. The smallest absolute Gasteiger partial charge is 0.267 e. The van der Waals surface area contributed by atoms with Gasteiger partial charge in [0.1, 0.15) is 28.5 Å². The highest BCUT2D eigenvalue weighted by atomic mass is 19.1. The number of pyridine rings is 1. The largest absolute Gasteiger partial charge is 0.364 e. The number of aromatic amines is 1. The summed E-state index contributed by atoms with van der Waals surface area (Å²) in [6.07, 6.45) is 4.24. The van der Waals surface area contributed by atoms with Gasteiger partial charge in [-0.2, -0.15) is 5.10 Å². The van der Waals surface area contributed by atoms with Gasteiger partial charge in [0.2, 0.25) is 0 Å². The van der Waals surface area contributed by atoms with E-state index in [2.05, 4.69) is 25.1 Å². The summed E-state index contributed by atoms with van der Waals surface area (Å²) in [6, 6.07) is 8.62. The second kappa shape index (κ2) is 7.81. The molecule has 0 bridgehead atoms. The number of anilines is 1. The second-order valence-corrected chi connectivity index (χ2v) is 9.42. The van der Waals surface area contributed by atoms with Crippen molar-refractivity contribution < 1.29 is 9.18 Å². The maximum atomic E-state index is 14.6. The average molecular weight is 473 g/mol. The van der Waals surface area contributed by atoms with E-state index < -0.39 is 5.91 Å². The summed E-state index contributed by atoms with van der Waals surface area (Å²) in [5, 5.41) is 7.39. The number of fused-ring (bicyclic) bond motifs is 2. The summed E-state index contributed by atoms with van der Waals surface area (Å²) in [5.41, 5.74) is 15.5. The highest BCUT2D eigenvalue weighted by Gasteiger charge is 2.66. The Balaban J connectivity index is 1.28. The van der Waals surface area contributed by atoms with Crippen LogP contribution in [0.15, 0.2) is 42.7 Å². The molecule has 0 spiro atoms. The van der Waals surface area contributed by atoms with Crippen molar-refractivity contribution in [2.24, 2.45) is 23.3 Å². The van der Waals surface area contributed by atoms with E-state index in [-0.39, 0.29) is 22.8 Å². The van der Waals surface area contributed by atoms with Gasteiger partial charge in [0.25, 0.3) is 5.91 Å². The van der Waals surface area contributed by atoms with E-state index in [1.54, 1.807) is 24.5 Å². The Morgan fingerprint density at radius 2 is 2.09 bits per heavy atom. The zero-order valence-corrected chi connectivity index (χ0v) is 19.2. The molecule has 0 unspecified atom stereocenters. The number of hydrogen-bond acceptors (Lipinski definition) is 7. The lowest BCUT2D eigenvalue weighted by molar-refractivity contribution is 0.0995. The van der Waals surface area contributed by atoms with Crippen LogP contribution in [0.4, 0.5) is 10.2 Å². The van der Waals surface area contributed by atoms with Crippen molar-refractivity contribution in [1.82, 2.24) is 25.1 Å². The minimum atomic E-state index is -0.580. The van der Waals surface area contributed by atoms with E-state index in [9.17, 15) is 9.18 Å². The number of halogens is 1. The maximum Gasteiger partial charge on any atom is 0.267 e. The number of nitrogens with zero attached hydrogens (tertiary/aromatic N) is 5. The van der Waals surface area contributed by atoms with E-state index in [0.29, 0.717) is 29.3 Å². The number of carbonyl (C=O) groups is 1. The third-order valence-corrected chi connectivity index (χ3v) is 7.74. The fourth-order valence-electron chi connectivity index (χ4n) is 5.91. The molecular formula is C25H25FN8O. The standard InChI is InChI=1S/C25H25FN8O/c1-13-8-19(23(28)35)29-9-14(13)21-22-24(33-32-21)31-20(10-30-22)34-7-6-15-17(11-34)25(15,12-27)16-4-2-3-5-18(16)26/h2-5,8-10,15,17H,6-7,11-12,27H2,1H3,(H2,28,35)(H,31,32,33)/t15-,17+,25-/m1/s1. The molecule has 3 aromatic heterocycles. The van der Waals surface area contributed by atoms with Gasteiger partial charge >= 0.3 is 0 Å². The quantitative estimate of drug-likeness (QED) is 0.405. The van der Waals surface area contributed by atoms with Crippen LogP contribution in [0.3, 0.4) is 0 Å². The molecule has 6 rings (SSSR count). The normalized spacial score (nSPS) is 23.3. The molecule has 1 aliphatic carbocycles. The number of aryl methyl sites for hydroxylation is 1. The van der Waals surface area contributed by atoms with Gasteiger partial charge in [-0.05, 0) is 48.4 Å². The Hall–Kier alpha value is -3.92. The molecule has 178 valence electrons. The monoisotopic (exact) mass is 472 g/mol. The lowest BCUT2D eigenvalue weighted by Crippen LogP contribution is -2.32. The van der Waals surface area contributed by atoms with Gasteiger partial charge in [0.05, 0.1) is 6.20 Å². The van der Waals surface area contributed by atoms with Crippen molar-refractivity contribution in [2.75, 3.05) is 24.5 Å². The van der Waals surface area contributed by atoms with Crippen LogP contribution in [0.5, 0.6) is 0 Å². The molecule has 35 heavy (non-hydrogen) atoms. The first-order valence-corrected chi connectivity index (χ1v) is 11.6. The van der Waals surface area contributed by atoms with Crippen molar-refractivity contribution in [3.63, 3.8) is 0 Å². The number of H-pyrrole nitrogens is 1. The summed E-state index contributed by atoms with van der Waals surface area (Å²) in [6.45, 7) is 3.84. The lowest BCUT2D eigenvalue weighted by Gasteiger charge is -2.26. The van der Waals surface area contributed by atoms with Crippen molar-refractivity contribution in [2.45, 2.75) is 18.8 Å². The van der Waals surface area contributed by atoms with Crippen LogP contribution in [0.1, 0.15) is 28.0 Å². The molecule has 9 nitrogen and oxygen atoms in total. The first-order valence-electron chi connectivity index (χ1n) is 11.6. The Morgan fingerprint density at radius 1 is 1.26 bits per heavy atom. The summed E-state index contributed by atoms with van der Waals surface area (Å²) >= 11 is 0. The molecule has 1 aliphatic heterocycles. The number of aromatic nitrogens is 5. The predicted octanol–water partition coefficient (Wildman–Crippen LogP) is 2.31. The number of primary amides is 1. The van der Waals surface area contributed by atoms with E-state index in [1.165, 1.54) is 6.07 Å². The first kappa shape index (κ1) is 21.6. The molecule has 5 N–H and O–H groups in total. The molecule has 3 atom stereocenters. The molecule has 0 radical (unpaired) electrons. The van der Waals surface area contributed by atoms with Crippen molar-refractivity contribution in [1.29, 1.82) is 0 Å². The van der Waals surface area contributed by atoms with Crippen LogP contribution >= 0.6 is 0 Å². The molecule has 1 saturated carbocycles. The van der Waals surface area contributed by atoms with Crippen molar-refractivity contribution in [3.8, 4) is 11.3 Å². The second-order valence-electron chi connectivity index (χ2n) is 9.42. The van der Waals surface area contributed by atoms with E-state index in [4.69, 9.17) is 16.5 Å². The van der Waals surface area contributed by atoms with Gasteiger partial charge in [-0.1, -0.05) is 18.2 Å². The van der Waals surface area contributed by atoms with Gasteiger partial charge in [0, 0.05) is 36.8 Å². The SMILES string of the molecule is Cc1cc(C(N)=O)ncc1-c1n[nH]c2nc(N3CC[C@@H]4[C@H](C3)[C@@]4(CN)c3ccccc3F)cnc12. The van der Waals surface area contributed by atoms with E-state index >= 15 is 0 Å². The summed E-state index contributed by atoms with van der Waals surface area (Å²) < 4.78 is 14.6. The van der Waals surface area contributed by atoms with Gasteiger partial charge < -0.3 is 16.4 Å². The zero-order valence-electron chi connectivity index (χ0n) is 19.2. The number of nitrogens with one attached hydrogen (secondary N) is 1. The van der Waals surface area contributed by atoms with Crippen LogP contribution in [0.2, 0.25) is 0 Å². The molecule has 2 aliphatic rings. The number of carbonyl (C=O) groups excluding carboxylic acids is 1. The molecule has 2 fully saturated rings. The summed E-state index contributed by atoms with van der Waals surface area (Å²) in [5.74, 6) is 0.625. The van der Waals surface area contributed by atoms with Gasteiger partial charge in [-0.3, -0.25) is 14.9 Å². The molecule has 1 saturated heterocycles. The average Bonchev–Trinajstić information content (AvgIpc) is 3.33. The number of rotatable bonds is 5. The molecule has 1 aromatic carbocycles. The molecule has 1 amide bonds. The third-order valence-electron chi connectivity index (χ3n) is 7.74. The Morgan fingerprint density at radius 3 is 2.83 bits per heavy atom. The van der Waals surface area contributed by atoms with Crippen LogP contribution in [0, 0.1) is 24.6 Å². The number of amides is 1.